The Morgan fingerprint density at radius 3 is 2.75 bits per heavy atom. The third-order valence-electron chi connectivity index (χ3n) is 4.02. The number of sulfonamides is 1. The van der Waals surface area contributed by atoms with Crippen LogP contribution in [0.25, 0.3) is 0 Å². The smallest absolute Gasteiger partial charge is 0.325 e. The molecule has 112 valence electrons. The van der Waals surface area contributed by atoms with E-state index >= 15 is 0 Å². The minimum absolute atomic E-state index is 0.00401. The highest BCUT2D eigenvalue weighted by molar-refractivity contribution is 7.89. The number of carboxylic acid groups (broad SMARTS) is 1. The molecule has 0 spiro atoms. The van der Waals surface area contributed by atoms with E-state index in [1.807, 2.05) is 0 Å². The highest BCUT2D eigenvalue weighted by Crippen LogP contribution is 2.43. The van der Waals surface area contributed by atoms with Crippen molar-refractivity contribution in [3.8, 4) is 0 Å². The van der Waals surface area contributed by atoms with Gasteiger partial charge in [-0.25, -0.2) is 13.1 Å². The maximum atomic E-state index is 12.1. The van der Waals surface area contributed by atoms with E-state index in [1.165, 1.54) is 12.4 Å². The van der Waals surface area contributed by atoms with Crippen LogP contribution in [0, 0.1) is 5.41 Å². The van der Waals surface area contributed by atoms with Crippen molar-refractivity contribution in [3.63, 3.8) is 0 Å². The van der Waals surface area contributed by atoms with Crippen LogP contribution in [-0.4, -0.2) is 35.8 Å². The van der Waals surface area contributed by atoms with Gasteiger partial charge in [-0.15, -0.1) is 0 Å². The monoisotopic (exact) mass is 301 g/mol. The van der Waals surface area contributed by atoms with Gasteiger partial charge in [-0.2, -0.15) is 5.10 Å². The van der Waals surface area contributed by atoms with Crippen molar-refractivity contribution >= 4 is 16.0 Å². The summed E-state index contributed by atoms with van der Waals surface area (Å²) >= 11 is 0. The highest BCUT2D eigenvalue weighted by atomic mass is 32.2. The predicted molar refractivity (Wildman–Crippen MR) is 71.6 cm³/mol. The fourth-order valence-electron chi connectivity index (χ4n) is 2.37. The number of nitrogens with zero attached hydrogens (tertiary/aromatic N) is 2. The Bertz CT molecular complexity index is 584. The van der Waals surface area contributed by atoms with Gasteiger partial charge in [-0.3, -0.25) is 9.48 Å². The van der Waals surface area contributed by atoms with Crippen LogP contribution in [0.4, 0.5) is 0 Å². The van der Waals surface area contributed by atoms with E-state index in [9.17, 15) is 13.2 Å². The molecule has 0 bridgehead atoms. The first kappa shape index (κ1) is 15.0. The van der Waals surface area contributed by atoms with Crippen LogP contribution in [0.1, 0.15) is 32.6 Å². The molecular weight excluding hydrogens is 282 g/mol. The lowest BCUT2D eigenvalue weighted by atomic mass is 9.67. The summed E-state index contributed by atoms with van der Waals surface area (Å²) in [6.07, 6.45) is 6.59. The van der Waals surface area contributed by atoms with Gasteiger partial charge in [0.15, 0.2) is 0 Å². The van der Waals surface area contributed by atoms with Crippen molar-refractivity contribution in [2.45, 2.75) is 44.0 Å². The molecule has 0 unspecified atom stereocenters. The van der Waals surface area contributed by atoms with Gasteiger partial charge in [0.2, 0.25) is 10.0 Å². The predicted octanol–water partition coefficient (Wildman–Crippen LogP) is 0.826. The molecule has 1 aromatic rings. The van der Waals surface area contributed by atoms with Crippen molar-refractivity contribution in [1.82, 2.24) is 14.5 Å². The average Bonchev–Trinajstić information content (AvgIpc) is 2.76. The number of nitrogens with one attached hydrogen (secondary N) is 1. The maximum Gasteiger partial charge on any atom is 0.325 e. The molecule has 8 heteroatoms. The third-order valence-corrected chi connectivity index (χ3v) is 5.37. The summed E-state index contributed by atoms with van der Waals surface area (Å²) in [7, 11) is -3.62. The molecule has 1 aliphatic rings. The van der Waals surface area contributed by atoms with Gasteiger partial charge < -0.3 is 5.11 Å². The van der Waals surface area contributed by atoms with E-state index in [-0.39, 0.29) is 16.9 Å². The molecule has 2 rings (SSSR count). The summed E-state index contributed by atoms with van der Waals surface area (Å²) in [6.45, 7) is 2.14. The van der Waals surface area contributed by atoms with Crippen LogP contribution < -0.4 is 4.72 Å². The average molecular weight is 301 g/mol. The number of aromatic nitrogens is 2. The first-order valence-electron chi connectivity index (χ1n) is 6.61. The molecule has 1 aliphatic carbocycles. The zero-order chi connectivity index (χ0) is 14.8. The maximum absolute atomic E-state index is 12.1. The Hall–Kier alpha value is -1.41. The SMILES string of the molecule is CCC1(CNS(=O)(=O)c2cnn(CC(=O)O)c2)CCC1. The molecule has 7 nitrogen and oxygen atoms in total. The summed E-state index contributed by atoms with van der Waals surface area (Å²) in [4.78, 5) is 10.5. The van der Waals surface area contributed by atoms with E-state index in [2.05, 4.69) is 16.7 Å². The Morgan fingerprint density at radius 1 is 1.55 bits per heavy atom. The topological polar surface area (TPSA) is 101 Å². The van der Waals surface area contributed by atoms with E-state index < -0.39 is 16.0 Å². The summed E-state index contributed by atoms with van der Waals surface area (Å²) in [5.74, 6) is -1.07. The first-order chi connectivity index (χ1) is 9.37. The highest BCUT2D eigenvalue weighted by Gasteiger charge is 2.36. The van der Waals surface area contributed by atoms with Crippen LogP contribution >= 0.6 is 0 Å². The molecule has 1 fully saturated rings. The largest absolute Gasteiger partial charge is 0.480 e. The number of aliphatic carboxylic acids is 1. The fourth-order valence-corrected chi connectivity index (χ4v) is 3.48. The zero-order valence-electron chi connectivity index (χ0n) is 11.4. The van der Waals surface area contributed by atoms with Crippen LogP contribution in [0.3, 0.4) is 0 Å². The lowest BCUT2D eigenvalue weighted by molar-refractivity contribution is -0.137. The van der Waals surface area contributed by atoms with Crippen molar-refractivity contribution in [2.24, 2.45) is 5.41 Å². The quantitative estimate of drug-likeness (QED) is 0.776. The Morgan fingerprint density at radius 2 is 2.25 bits per heavy atom. The number of hydrogen-bond donors (Lipinski definition) is 2. The summed E-state index contributed by atoms with van der Waals surface area (Å²) in [5, 5.41) is 12.4. The lowest BCUT2D eigenvalue weighted by Gasteiger charge is -2.41. The van der Waals surface area contributed by atoms with Gasteiger partial charge in [0.05, 0.1) is 6.20 Å². The van der Waals surface area contributed by atoms with Crippen LogP contribution in [0.15, 0.2) is 17.3 Å². The molecule has 2 N–H and O–H groups in total. The number of hydrogen-bond acceptors (Lipinski definition) is 4. The fraction of sp³-hybridized carbons (Fsp3) is 0.667. The second-order valence-corrected chi connectivity index (χ2v) is 7.07. The van der Waals surface area contributed by atoms with Gasteiger partial charge in [-0.1, -0.05) is 13.3 Å². The molecule has 0 aliphatic heterocycles. The standard InChI is InChI=1S/C12H19N3O4S/c1-2-12(4-3-5-12)9-14-20(18,19)10-6-13-15(7-10)8-11(16)17/h6-7,14H,2-5,8-9H2,1H3,(H,16,17). The Labute approximate surface area is 118 Å². The van der Waals surface area contributed by atoms with Crippen molar-refractivity contribution in [1.29, 1.82) is 0 Å². The zero-order valence-corrected chi connectivity index (χ0v) is 12.2. The van der Waals surface area contributed by atoms with Gasteiger partial charge in [0.25, 0.3) is 0 Å². The lowest BCUT2D eigenvalue weighted by Crippen LogP contribution is -2.41. The van der Waals surface area contributed by atoms with Crippen LogP contribution in [-0.2, 0) is 21.4 Å². The molecule has 20 heavy (non-hydrogen) atoms. The van der Waals surface area contributed by atoms with Gasteiger partial charge in [-0.05, 0) is 24.7 Å². The summed E-state index contributed by atoms with van der Waals surface area (Å²) < 4.78 is 27.9. The molecule has 0 amide bonds. The molecule has 0 radical (unpaired) electrons. The number of carbonyl (C=O) groups is 1. The minimum Gasteiger partial charge on any atom is -0.480 e. The van der Waals surface area contributed by atoms with E-state index in [4.69, 9.17) is 5.11 Å². The molecule has 0 atom stereocenters. The molecule has 0 saturated heterocycles. The minimum atomic E-state index is -3.62. The number of rotatable bonds is 7. The van der Waals surface area contributed by atoms with E-state index in [0.717, 1.165) is 30.4 Å². The molecule has 1 aromatic heterocycles. The van der Waals surface area contributed by atoms with Gasteiger partial charge in [0, 0.05) is 12.7 Å². The van der Waals surface area contributed by atoms with Crippen LogP contribution in [0.5, 0.6) is 0 Å². The molecule has 1 heterocycles. The van der Waals surface area contributed by atoms with Crippen molar-refractivity contribution < 1.29 is 18.3 Å². The van der Waals surface area contributed by atoms with E-state index in [1.54, 1.807) is 0 Å². The first-order valence-corrected chi connectivity index (χ1v) is 8.09. The summed E-state index contributed by atoms with van der Waals surface area (Å²) in [6, 6.07) is 0. The Balaban J connectivity index is 2.02. The normalized spacial score (nSPS) is 17.6. The third kappa shape index (κ3) is 3.18. The second-order valence-electron chi connectivity index (χ2n) is 5.30. The summed E-state index contributed by atoms with van der Waals surface area (Å²) in [5.41, 5.74) is 0.0874. The molecule has 1 saturated carbocycles. The molecule has 0 aromatic carbocycles. The van der Waals surface area contributed by atoms with Gasteiger partial charge >= 0.3 is 5.97 Å². The van der Waals surface area contributed by atoms with Gasteiger partial charge in [0.1, 0.15) is 11.4 Å². The van der Waals surface area contributed by atoms with Crippen molar-refractivity contribution in [2.75, 3.05) is 6.54 Å². The van der Waals surface area contributed by atoms with E-state index in [0.29, 0.717) is 6.54 Å². The number of carboxylic acids is 1. The van der Waals surface area contributed by atoms with Crippen LogP contribution in [0.2, 0.25) is 0 Å². The molecular formula is C12H19N3O4S. The Kier molecular flexibility index (Phi) is 4.14. The second kappa shape index (κ2) is 5.53. The van der Waals surface area contributed by atoms with Crippen molar-refractivity contribution in [3.05, 3.63) is 12.4 Å².